The summed E-state index contributed by atoms with van der Waals surface area (Å²) in [4.78, 5) is 14.4. The van der Waals surface area contributed by atoms with E-state index >= 15 is 0 Å². The first-order valence-corrected chi connectivity index (χ1v) is 9.32. The molecule has 2 rings (SSSR count). The summed E-state index contributed by atoms with van der Waals surface area (Å²) in [5.41, 5.74) is 4.42. The third-order valence-corrected chi connectivity index (χ3v) is 4.51. The van der Waals surface area contributed by atoms with Crippen LogP contribution in [0.5, 0.6) is 5.75 Å². The number of carbonyl (C=O) groups excluding carboxylic acids is 1. The molecule has 0 aliphatic rings. The molecule has 0 fully saturated rings. The van der Waals surface area contributed by atoms with Gasteiger partial charge in [-0.2, -0.15) is 0 Å². The lowest BCUT2D eigenvalue weighted by Gasteiger charge is -2.21. The molecule has 2 aromatic carbocycles. The fourth-order valence-corrected chi connectivity index (χ4v) is 3.08. The highest BCUT2D eigenvalue weighted by molar-refractivity contribution is 5.92. The molecular formula is C22H30N2O2. The maximum Gasteiger partial charge on any atom is 0.262 e. The lowest BCUT2D eigenvalue weighted by molar-refractivity contribution is -0.118. The highest BCUT2D eigenvalue weighted by Gasteiger charge is 2.08. The van der Waals surface area contributed by atoms with Crippen LogP contribution in [-0.4, -0.2) is 25.6 Å². The zero-order chi connectivity index (χ0) is 19.1. The van der Waals surface area contributed by atoms with Crippen molar-refractivity contribution in [1.29, 1.82) is 0 Å². The van der Waals surface area contributed by atoms with Crippen LogP contribution in [-0.2, 0) is 4.79 Å². The monoisotopic (exact) mass is 354 g/mol. The fraction of sp³-hybridized carbons (Fsp3) is 0.409. The van der Waals surface area contributed by atoms with Crippen molar-refractivity contribution < 1.29 is 9.53 Å². The van der Waals surface area contributed by atoms with Crippen LogP contribution in [0, 0.1) is 6.92 Å². The summed E-state index contributed by atoms with van der Waals surface area (Å²) in [7, 11) is 0. The summed E-state index contributed by atoms with van der Waals surface area (Å²) >= 11 is 0. The average Bonchev–Trinajstić information content (AvgIpc) is 2.62. The predicted molar refractivity (Wildman–Crippen MR) is 109 cm³/mol. The number of benzene rings is 2. The van der Waals surface area contributed by atoms with Gasteiger partial charge in [-0.15, -0.1) is 0 Å². The highest BCUT2D eigenvalue weighted by atomic mass is 16.5. The third kappa shape index (κ3) is 5.25. The molecule has 0 radical (unpaired) electrons. The van der Waals surface area contributed by atoms with E-state index in [1.165, 1.54) is 11.1 Å². The number of hydrogen-bond donors (Lipinski definition) is 1. The summed E-state index contributed by atoms with van der Waals surface area (Å²) in [6.45, 7) is 12.6. The van der Waals surface area contributed by atoms with Crippen LogP contribution >= 0.6 is 0 Å². The second-order valence-electron chi connectivity index (χ2n) is 6.73. The van der Waals surface area contributed by atoms with Crippen LogP contribution < -0.4 is 15.0 Å². The summed E-state index contributed by atoms with van der Waals surface area (Å²) in [6.07, 6.45) is 0. The van der Waals surface area contributed by atoms with Crippen molar-refractivity contribution in [1.82, 2.24) is 0 Å². The van der Waals surface area contributed by atoms with Crippen LogP contribution in [0.2, 0.25) is 0 Å². The first kappa shape index (κ1) is 19.8. The lowest BCUT2D eigenvalue weighted by Crippen LogP contribution is -2.22. The molecule has 4 nitrogen and oxygen atoms in total. The van der Waals surface area contributed by atoms with Crippen molar-refractivity contribution in [3.8, 4) is 5.75 Å². The number of nitrogens with zero attached hydrogens (tertiary/aromatic N) is 1. The first-order valence-electron chi connectivity index (χ1n) is 9.32. The molecule has 0 aliphatic carbocycles. The maximum atomic E-state index is 12.1. The average molecular weight is 354 g/mol. The molecule has 0 heterocycles. The van der Waals surface area contributed by atoms with Gasteiger partial charge in [0, 0.05) is 24.5 Å². The van der Waals surface area contributed by atoms with Crippen molar-refractivity contribution in [2.24, 2.45) is 0 Å². The van der Waals surface area contributed by atoms with Gasteiger partial charge < -0.3 is 15.0 Å². The van der Waals surface area contributed by atoms with E-state index in [4.69, 9.17) is 4.74 Å². The number of anilines is 2. The van der Waals surface area contributed by atoms with Gasteiger partial charge in [-0.25, -0.2) is 0 Å². The lowest BCUT2D eigenvalue weighted by atomic mass is 9.98. The number of aryl methyl sites for hydroxylation is 1. The Labute approximate surface area is 157 Å². The largest absolute Gasteiger partial charge is 0.484 e. The van der Waals surface area contributed by atoms with E-state index in [-0.39, 0.29) is 12.5 Å². The van der Waals surface area contributed by atoms with Crippen LogP contribution in [0.1, 0.15) is 44.7 Å². The summed E-state index contributed by atoms with van der Waals surface area (Å²) in [6, 6.07) is 13.9. The Kier molecular flexibility index (Phi) is 7.07. The molecule has 0 spiro atoms. The normalized spacial score (nSPS) is 10.7. The molecular weight excluding hydrogens is 324 g/mol. The second-order valence-corrected chi connectivity index (χ2v) is 6.73. The van der Waals surface area contributed by atoms with Crippen LogP contribution in [0.4, 0.5) is 11.4 Å². The van der Waals surface area contributed by atoms with E-state index in [1.54, 1.807) is 0 Å². The van der Waals surface area contributed by atoms with Gasteiger partial charge in [0.2, 0.25) is 0 Å². The molecule has 0 saturated heterocycles. The number of rotatable bonds is 8. The Balaban J connectivity index is 1.90. The summed E-state index contributed by atoms with van der Waals surface area (Å²) < 4.78 is 5.63. The molecule has 0 saturated carbocycles. The van der Waals surface area contributed by atoms with Gasteiger partial charge in [0.15, 0.2) is 6.61 Å². The van der Waals surface area contributed by atoms with E-state index < -0.39 is 0 Å². The van der Waals surface area contributed by atoms with E-state index in [2.05, 4.69) is 50.9 Å². The number of carbonyl (C=O) groups is 1. The Morgan fingerprint density at radius 1 is 1.08 bits per heavy atom. The smallest absolute Gasteiger partial charge is 0.262 e. The zero-order valence-electron chi connectivity index (χ0n) is 16.5. The molecule has 4 heteroatoms. The van der Waals surface area contributed by atoms with Gasteiger partial charge in [0.05, 0.1) is 0 Å². The molecule has 1 N–H and O–H groups in total. The molecule has 0 unspecified atom stereocenters. The quantitative estimate of drug-likeness (QED) is 0.727. The first-order chi connectivity index (χ1) is 12.4. The van der Waals surface area contributed by atoms with E-state index in [9.17, 15) is 4.79 Å². The summed E-state index contributed by atoms with van der Waals surface area (Å²) in [5.74, 6) is 1.04. The minimum absolute atomic E-state index is 0.00172. The highest BCUT2D eigenvalue weighted by Crippen LogP contribution is 2.23. The van der Waals surface area contributed by atoms with Gasteiger partial charge >= 0.3 is 0 Å². The number of amides is 1. The van der Waals surface area contributed by atoms with E-state index in [0.29, 0.717) is 5.92 Å². The SMILES string of the molecule is CCN(CC)c1ccc(NC(=O)COc2ccc(C(C)C)c(C)c2)cc1. The van der Waals surface area contributed by atoms with Gasteiger partial charge in [-0.05, 0) is 74.2 Å². The second kappa shape index (κ2) is 9.27. The minimum atomic E-state index is -0.161. The Bertz CT molecular complexity index is 719. The molecule has 0 aliphatic heterocycles. The fourth-order valence-electron chi connectivity index (χ4n) is 3.08. The minimum Gasteiger partial charge on any atom is -0.484 e. The van der Waals surface area contributed by atoms with Crippen molar-refractivity contribution in [3.63, 3.8) is 0 Å². The van der Waals surface area contributed by atoms with Gasteiger partial charge in [-0.3, -0.25) is 4.79 Å². The molecule has 140 valence electrons. The molecule has 26 heavy (non-hydrogen) atoms. The van der Waals surface area contributed by atoms with Crippen molar-refractivity contribution >= 4 is 17.3 Å². The van der Waals surface area contributed by atoms with Gasteiger partial charge in [0.1, 0.15) is 5.75 Å². The molecule has 0 atom stereocenters. The third-order valence-electron chi connectivity index (χ3n) is 4.51. The standard InChI is InChI=1S/C22H30N2O2/c1-6-24(7-2)19-10-8-18(9-11-19)23-22(25)15-26-20-12-13-21(16(3)4)17(5)14-20/h8-14,16H,6-7,15H2,1-5H3,(H,23,25). The van der Waals surface area contributed by atoms with E-state index in [0.717, 1.165) is 30.2 Å². The molecule has 2 aromatic rings. The van der Waals surface area contributed by atoms with Crippen LogP contribution in [0.25, 0.3) is 0 Å². The molecule has 0 bridgehead atoms. The molecule has 0 aromatic heterocycles. The van der Waals surface area contributed by atoms with Gasteiger partial charge in [-0.1, -0.05) is 19.9 Å². The predicted octanol–water partition coefficient (Wildman–Crippen LogP) is 4.98. The van der Waals surface area contributed by atoms with Crippen LogP contribution in [0.15, 0.2) is 42.5 Å². The zero-order valence-corrected chi connectivity index (χ0v) is 16.5. The van der Waals surface area contributed by atoms with E-state index in [1.807, 2.05) is 36.4 Å². The molecule has 1 amide bonds. The van der Waals surface area contributed by atoms with Gasteiger partial charge in [0.25, 0.3) is 5.91 Å². The number of ether oxygens (including phenoxy) is 1. The Hall–Kier alpha value is -2.49. The number of hydrogen-bond acceptors (Lipinski definition) is 3. The van der Waals surface area contributed by atoms with Crippen molar-refractivity contribution in [2.45, 2.75) is 40.5 Å². The van der Waals surface area contributed by atoms with Crippen molar-refractivity contribution in [3.05, 3.63) is 53.6 Å². The Morgan fingerprint density at radius 2 is 1.73 bits per heavy atom. The van der Waals surface area contributed by atoms with Crippen LogP contribution in [0.3, 0.4) is 0 Å². The summed E-state index contributed by atoms with van der Waals surface area (Å²) in [5, 5.41) is 2.88. The topological polar surface area (TPSA) is 41.6 Å². The maximum absolute atomic E-state index is 12.1. The van der Waals surface area contributed by atoms with Crippen molar-refractivity contribution in [2.75, 3.05) is 29.9 Å². The number of nitrogens with one attached hydrogen (secondary N) is 1. The Morgan fingerprint density at radius 3 is 2.27 bits per heavy atom.